The maximum Gasteiger partial charge on any atom is 0.118 e. The lowest BCUT2D eigenvalue weighted by atomic mass is 9.73. The fourth-order valence-corrected chi connectivity index (χ4v) is 6.69. The molecule has 2 aromatic carbocycles. The summed E-state index contributed by atoms with van der Waals surface area (Å²) >= 11 is 0. The first-order valence-electron chi connectivity index (χ1n) is 10.7. The van der Waals surface area contributed by atoms with Crippen molar-refractivity contribution in [3.8, 4) is 5.75 Å². The lowest BCUT2D eigenvalue weighted by Gasteiger charge is -2.38. The van der Waals surface area contributed by atoms with Gasteiger partial charge in [0.05, 0.1) is 13.7 Å². The summed E-state index contributed by atoms with van der Waals surface area (Å²) in [5.41, 5.74) is 2.61. The van der Waals surface area contributed by atoms with Gasteiger partial charge in [0, 0.05) is 33.0 Å². The zero-order valence-corrected chi connectivity index (χ0v) is 17.8. The van der Waals surface area contributed by atoms with Gasteiger partial charge in [-0.25, -0.2) is 0 Å². The molecular formula is C25H31BNO2. The molecule has 2 aliphatic heterocycles. The van der Waals surface area contributed by atoms with Crippen molar-refractivity contribution in [2.24, 2.45) is 17.8 Å². The van der Waals surface area contributed by atoms with Crippen LogP contribution in [0.4, 0.5) is 0 Å². The Kier molecular flexibility index (Phi) is 5.29. The van der Waals surface area contributed by atoms with E-state index in [2.05, 4.69) is 61.2 Å². The van der Waals surface area contributed by atoms with Gasteiger partial charge in [0.25, 0.3) is 0 Å². The highest BCUT2D eigenvalue weighted by molar-refractivity contribution is 5.75. The molecule has 2 aromatic rings. The van der Waals surface area contributed by atoms with Gasteiger partial charge in [-0.2, -0.15) is 0 Å². The van der Waals surface area contributed by atoms with Crippen molar-refractivity contribution in [3.63, 3.8) is 0 Å². The Bertz CT molecular complexity index is 842. The zero-order valence-electron chi connectivity index (χ0n) is 17.8. The molecule has 0 unspecified atom stereocenters. The maximum atomic E-state index is 6.92. The van der Waals surface area contributed by atoms with Gasteiger partial charge in [-0.3, -0.25) is 4.90 Å². The molecule has 0 bridgehead atoms. The third-order valence-corrected chi connectivity index (χ3v) is 8.01. The molecule has 2 saturated heterocycles. The van der Waals surface area contributed by atoms with Crippen LogP contribution in [-0.2, 0) is 16.9 Å². The molecule has 3 nitrogen and oxygen atoms in total. The van der Waals surface area contributed by atoms with Crippen LogP contribution in [0.15, 0.2) is 54.6 Å². The molecule has 1 saturated carbocycles. The molecule has 5 rings (SSSR count). The molecule has 0 amide bonds. The molecule has 29 heavy (non-hydrogen) atoms. The van der Waals surface area contributed by atoms with E-state index in [4.69, 9.17) is 9.47 Å². The van der Waals surface area contributed by atoms with Crippen LogP contribution in [0.1, 0.15) is 37.8 Å². The van der Waals surface area contributed by atoms with Crippen molar-refractivity contribution in [1.82, 2.24) is 4.90 Å². The first-order chi connectivity index (χ1) is 13.6. The largest absolute Gasteiger partial charge is 0.497 e. The minimum atomic E-state index is -0.217. The minimum Gasteiger partial charge on any atom is -0.497 e. The fraction of sp³-hybridized carbons (Fsp3) is 0.520. The van der Waals surface area contributed by atoms with Crippen molar-refractivity contribution in [1.29, 1.82) is 0 Å². The molecule has 2 heterocycles. The Hall–Kier alpha value is -1.78. The number of nitrogens with zero attached hydrogens (tertiary/aromatic N) is 1. The van der Waals surface area contributed by atoms with Crippen LogP contribution in [0, 0.1) is 17.8 Å². The van der Waals surface area contributed by atoms with Gasteiger partial charge < -0.3 is 9.47 Å². The van der Waals surface area contributed by atoms with E-state index in [-0.39, 0.29) is 19.6 Å². The summed E-state index contributed by atoms with van der Waals surface area (Å²) in [7, 11) is 1.71. The summed E-state index contributed by atoms with van der Waals surface area (Å²) < 4.78 is 12.2. The quantitative estimate of drug-likeness (QED) is 0.706. The van der Waals surface area contributed by atoms with E-state index in [1.807, 2.05) is 12.1 Å². The summed E-state index contributed by atoms with van der Waals surface area (Å²) in [6.45, 7) is 7.81. The third kappa shape index (κ3) is 2.95. The molecule has 0 aromatic heterocycles. The first kappa shape index (κ1) is 20.5. The maximum absolute atomic E-state index is 6.92. The highest BCUT2D eigenvalue weighted by Crippen LogP contribution is 2.64. The van der Waals surface area contributed by atoms with Gasteiger partial charge in [0.1, 0.15) is 11.4 Å². The molecule has 3 radical (unpaired) electrons. The van der Waals surface area contributed by atoms with Crippen LogP contribution in [0.2, 0.25) is 0 Å². The number of hydrogen-bond acceptors (Lipinski definition) is 3. The third-order valence-electron chi connectivity index (χ3n) is 8.01. The van der Waals surface area contributed by atoms with Crippen molar-refractivity contribution in [3.05, 3.63) is 65.7 Å². The second kappa shape index (κ2) is 7.48. The Balaban J connectivity index is 0.00000205. The summed E-state index contributed by atoms with van der Waals surface area (Å²) in [6, 6.07) is 19.3. The number of rotatable bonds is 5. The standard InChI is InChI=1S/C25H31NO2.B/c1-18-15-26-17-25(20-7-5-4-6-8-20,23-14-13-22(18)24(23,26)2)28-16-19-9-11-21(27-3)12-10-19;/h4-12,18,22-23H,13-17H2,1-3H3;/t18-,22+,23+,24-,25+;/m1./s1. The van der Waals surface area contributed by atoms with Crippen molar-refractivity contribution >= 4 is 8.41 Å². The predicted molar refractivity (Wildman–Crippen MR) is 117 cm³/mol. The molecule has 3 aliphatic rings. The first-order valence-corrected chi connectivity index (χ1v) is 10.7. The molecule has 5 atom stereocenters. The van der Waals surface area contributed by atoms with Gasteiger partial charge in [0.2, 0.25) is 0 Å². The van der Waals surface area contributed by atoms with Crippen LogP contribution in [0.5, 0.6) is 5.75 Å². The van der Waals surface area contributed by atoms with Gasteiger partial charge >= 0.3 is 0 Å². The smallest absolute Gasteiger partial charge is 0.118 e. The van der Waals surface area contributed by atoms with Gasteiger partial charge in [-0.1, -0.05) is 49.4 Å². The van der Waals surface area contributed by atoms with Crippen LogP contribution in [0.3, 0.4) is 0 Å². The lowest BCUT2D eigenvalue weighted by molar-refractivity contribution is -0.0872. The van der Waals surface area contributed by atoms with Crippen LogP contribution in [0.25, 0.3) is 0 Å². The highest BCUT2D eigenvalue weighted by atomic mass is 16.5. The monoisotopic (exact) mass is 388 g/mol. The Morgan fingerprint density at radius 2 is 1.76 bits per heavy atom. The van der Waals surface area contributed by atoms with E-state index in [0.717, 1.165) is 24.1 Å². The average molecular weight is 388 g/mol. The second-order valence-electron chi connectivity index (χ2n) is 9.21. The summed E-state index contributed by atoms with van der Waals surface area (Å²) in [5, 5.41) is 0. The van der Waals surface area contributed by atoms with Crippen molar-refractivity contribution < 1.29 is 9.47 Å². The average Bonchev–Trinajstić information content (AvgIpc) is 3.30. The van der Waals surface area contributed by atoms with E-state index >= 15 is 0 Å². The summed E-state index contributed by atoms with van der Waals surface area (Å²) in [4.78, 5) is 2.75. The SMILES string of the molecule is COc1ccc(CO[C@]2(c3ccccc3)CN3C[C@@H](C)[C@@H]4CC[C@H]2[C@@]43C)cc1.[B]. The molecule has 151 valence electrons. The zero-order chi connectivity index (χ0) is 19.4. The minimum absolute atomic E-state index is 0. The lowest BCUT2D eigenvalue weighted by Crippen LogP contribution is -2.43. The molecule has 3 fully saturated rings. The summed E-state index contributed by atoms with van der Waals surface area (Å²) in [6.07, 6.45) is 2.60. The van der Waals surface area contributed by atoms with Gasteiger partial charge in [-0.05, 0) is 54.9 Å². The molecular weight excluding hydrogens is 357 g/mol. The van der Waals surface area contributed by atoms with E-state index in [9.17, 15) is 0 Å². The van der Waals surface area contributed by atoms with Gasteiger partial charge in [0.15, 0.2) is 0 Å². The van der Waals surface area contributed by atoms with Crippen LogP contribution in [-0.4, -0.2) is 39.1 Å². The van der Waals surface area contributed by atoms with E-state index in [1.54, 1.807) is 7.11 Å². The normalized spacial score (nSPS) is 35.3. The van der Waals surface area contributed by atoms with Crippen molar-refractivity contribution in [2.75, 3.05) is 20.2 Å². The Labute approximate surface area is 177 Å². The second-order valence-corrected chi connectivity index (χ2v) is 9.21. The fourth-order valence-electron chi connectivity index (χ4n) is 6.69. The van der Waals surface area contributed by atoms with Crippen LogP contribution >= 0.6 is 0 Å². The summed E-state index contributed by atoms with van der Waals surface area (Å²) in [5.74, 6) is 3.04. The molecule has 0 spiro atoms. The molecule has 0 N–H and O–H groups in total. The van der Waals surface area contributed by atoms with Crippen molar-refractivity contribution in [2.45, 2.75) is 44.4 Å². The number of hydrogen-bond donors (Lipinski definition) is 0. The van der Waals surface area contributed by atoms with E-state index < -0.39 is 0 Å². The Morgan fingerprint density at radius 3 is 2.45 bits per heavy atom. The van der Waals surface area contributed by atoms with E-state index in [1.165, 1.54) is 30.5 Å². The number of ether oxygens (including phenoxy) is 2. The Morgan fingerprint density at radius 1 is 1.03 bits per heavy atom. The van der Waals surface area contributed by atoms with E-state index in [0.29, 0.717) is 12.5 Å². The molecule has 1 aliphatic carbocycles. The topological polar surface area (TPSA) is 21.7 Å². The van der Waals surface area contributed by atoms with Gasteiger partial charge in [-0.15, -0.1) is 0 Å². The molecule has 4 heteroatoms. The number of benzene rings is 2. The predicted octanol–water partition coefficient (Wildman–Crippen LogP) is 4.48. The highest BCUT2D eigenvalue weighted by Gasteiger charge is 2.69. The number of methoxy groups -OCH3 is 1. The van der Waals surface area contributed by atoms with Crippen LogP contribution < -0.4 is 4.74 Å².